The van der Waals surface area contributed by atoms with Crippen LogP contribution in [0.3, 0.4) is 0 Å². The standard InChI is InChI=1S/C27H24N6O2S2/c1-18(34)33-11-9-20(10-12-33)23-17-36-27(31-23)32-26-24(35-21-5-3-2-4-6-21)13-22(16-30-26)37-25-8-7-19(14-28)15-29-25/h2-8,13,15-17,20H,9-12H2,1H3,(H,30,31,32). The summed E-state index contributed by atoms with van der Waals surface area (Å²) in [5, 5.41) is 15.9. The molecule has 0 saturated carbocycles. The minimum Gasteiger partial charge on any atom is -0.453 e. The Morgan fingerprint density at radius 2 is 1.97 bits per heavy atom. The third kappa shape index (κ3) is 6.25. The number of hydrogen-bond donors (Lipinski definition) is 1. The van der Waals surface area contributed by atoms with Gasteiger partial charge in [0.05, 0.1) is 11.3 Å². The van der Waals surface area contributed by atoms with Gasteiger partial charge in [-0.1, -0.05) is 30.0 Å². The zero-order valence-electron chi connectivity index (χ0n) is 20.1. The van der Waals surface area contributed by atoms with Crippen molar-refractivity contribution < 1.29 is 9.53 Å². The highest BCUT2D eigenvalue weighted by molar-refractivity contribution is 7.99. The van der Waals surface area contributed by atoms with Gasteiger partial charge in [-0.05, 0) is 37.1 Å². The number of carbonyl (C=O) groups excluding carboxylic acids is 1. The fraction of sp³-hybridized carbons (Fsp3) is 0.222. The average Bonchev–Trinajstić information content (AvgIpc) is 3.40. The van der Waals surface area contributed by atoms with E-state index in [0.29, 0.717) is 28.8 Å². The molecule has 1 fully saturated rings. The molecule has 8 nitrogen and oxygen atoms in total. The first-order valence-electron chi connectivity index (χ1n) is 11.8. The van der Waals surface area contributed by atoms with Crippen LogP contribution in [0.5, 0.6) is 11.5 Å². The number of aromatic nitrogens is 3. The number of nitrogens with zero attached hydrogens (tertiary/aromatic N) is 5. The lowest BCUT2D eigenvalue weighted by Gasteiger charge is -2.30. The molecular formula is C27H24N6O2S2. The summed E-state index contributed by atoms with van der Waals surface area (Å²) in [6.07, 6.45) is 5.14. The number of para-hydroxylation sites is 1. The van der Waals surface area contributed by atoms with Crippen LogP contribution in [0.2, 0.25) is 0 Å². The molecule has 4 aromatic rings. The molecule has 3 aromatic heterocycles. The first-order valence-corrected chi connectivity index (χ1v) is 13.5. The smallest absolute Gasteiger partial charge is 0.219 e. The summed E-state index contributed by atoms with van der Waals surface area (Å²) in [5.41, 5.74) is 1.56. The minimum atomic E-state index is 0.132. The SMILES string of the molecule is CC(=O)N1CCC(c2csc(Nc3ncc(Sc4ccc(C#N)cn4)cc3Oc3ccccc3)n2)CC1. The van der Waals surface area contributed by atoms with E-state index in [2.05, 4.69) is 26.7 Å². The summed E-state index contributed by atoms with van der Waals surface area (Å²) in [5.74, 6) is 2.30. The molecule has 0 spiro atoms. The van der Waals surface area contributed by atoms with Crippen LogP contribution < -0.4 is 10.1 Å². The molecule has 186 valence electrons. The van der Waals surface area contributed by atoms with Crippen molar-refractivity contribution in [3.05, 3.63) is 77.6 Å². The molecule has 0 radical (unpaired) electrons. The second-order valence-corrected chi connectivity index (χ2v) is 10.5. The van der Waals surface area contributed by atoms with E-state index in [-0.39, 0.29) is 5.91 Å². The van der Waals surface area contributed by atoms with Gasteiger partial charge in [0.15, 0.2) is 16.7 Å². The van der Waals surface area contributed by atoms with Crippen molar-refractivity contribution in [1.29, 1.82) is 5.26 Å². The number of hydrogen-bond acceptors (Lipinski definition) is 9. The second kappa shape index (κ2) is 11.4. The van der Waals surface area contributed by atoms with Crippen molar-refractivity contribution in [2.45, 2.75) is 35.6 Å². The lowest BCUT2D eigenvalue weighted by Crippen LogP contribution is -2.36. The quantitative estimate of drug-likeness (QED) is 0.302. The summed E-state index contributed by atoms with van der Waals surface area (Å²) in [4.78, 5) is 28.2. The summed E-state index contributed by atoms with van der Waals surface area (Å²) < 4.78 is 6.19. The highest BCUT2D eigenvalue weighted by Crippen LogP contribution is 2.37. The molecule has 1 N–H and O–H groups in total. The van der Waals surface area contributed by atoms with Crippen LogP contribution >= 0.6 is 23.1 Å². The Bertz CT molecular complexity index is 1410. The lowest BCUT2D eigenvalue weighted by atomic mass is 9.94. The van der Waals surface area contributed by atoms with E-state index in [0.717, 1.165) is 46.7 Å². The van der Waals surface area contributed by atoms with Crippen molar-refractivity contribution in [3.63, 3.8) is 0 Å². The first-order chi connectivity index (χ1) is 18.1. The minimum absolute atomic E-state index is 0.132. The number of carbonyl (C=O) groups is 1. The largest absolute Gasteiger partial charge is 0.453 e. The van der Waals surface area contributed by atoms with Gasteiger partial charge in [-0.3, -0.25) is 4.79 Å². The Kier molecular flexibility index (Phi) is 7.63. The fourth-order valence-electron chi connectivity index (χ4n) is 4.02. The highest BCUT2D eigenvalue weighted by Gasteiger charge is 2.24. The van der Waals surface area contributed by atoms with Crippen LogP contribution in [-0.4, -0.2) is 38.8 Å². The topological polar surface area (TPSA) is 104 Å². The number of nitriles is 1. The van der Waals surface area contributed by atoms with Crippen LogP contribution in [0, 0.1) is 11.3 Å². The Labute approximate surface area is 223 Å². The van der Waals surface area contributed by atoms with Crippen molar-refractivity contribution in [3.8, 4) is 17.6 Å². The molecule has 1 amide bonds. The molecule has 10 heteroatoms. The average molecular weight is 529 g/mol. The van der Waals surface area contributed by atoms with E-state index >= 15 is 0 Å². The van der Waals surface area contributed by atoms with E-state index in [1.807, 2.05) is 47.4 Å². The van der Waals surface area contributed by atoms with Crippen molar-refractivity contribution in [1.82, 2.24) is 19.9 Å². The van der Waals surface area contributed by atoms with Gasteiger partial charge in [-0.2, -0.15) is 5.26 Å². The third-order valence-corrected chi connectivity index (χ3v) is 7.68. The van der Waals surface area contributed by atoms with Gasteiger partial charge in [0, 0.05) is 54.7 Å². The molecule has 4 heterocycles. The number of ether oxygens (including phenoxy) is 1. The number of anilines is 2. The van der Waals surface area contributed by atoms with Gasteiger partial charge in [0.2, 0.25) is 5.91 Å². The third-order valence-electron chi connectivity index (χ3n) is 5.99. The summed E-state index contributed by atoms with van der Waals surface area (Å²) >= 11 is 2.97. The molecule has 0 atom stereocenters. The molecule has 1 saturated heterocycles. The predicted octanol–water partition coefficient (Wildman–Crippen LogP) is 6.22. The number of thiazole rings is 1. The molecule has 1 aliphatic heterocycles. The first kappa shape index (κ1) is 24.7. The molecular weight excluding hydrogens is 504 g/mol. The van der Waals surface area contributed by atoms with Crippen molar-refractivity contribution in [2.75, 3.05) is 18.4 Å². The summed E-state index contributed by atoms with van der Waals surface area (Å²) in [7, 11) is 0. The van der Waals surface area contributed by atoms with Gasteiger partial charge < -0.3 is 15.0 Å². The number of piperidine rings is 1. The number of likely N-dealkylation sites (tertiary alicyclic amines) is 1. The number of amides is 1. The molecule has 0 bridgehead atoms. The molecule has 37 heavy (non-hydrogen) atoms. The molecule has 0 unspecified atom stereocenters. The van der Waals surface area contributed by atoms with Crippen LogP contribution in [0.25, 0.3) is 0 Å². The lowest BCUT2D eigenvalue weighted by molar-refractivity contribution is -0.129. The van der Waals surface area contributed by atoms with E-state index in [4.69, 9.17) is 15.0 Å². The maximum atomic E-state index is 11.6. The maximum absolute atomic E-state index is 11.6. The fourth-order valence-corrected chi connectivity index (χ4v) is 5.57. The van der Waals surface area contributed by atoms with Crippen LogP contribution in [0.1, 0.15) is 36.9 Å². The number of rotatable bonds is 7. The summed E-state index contributed by atoms with van der Waals surface area (Å²) in [6.45, 7) is 3.16. The zero-order chi connectivity index (χ0) is 25.6. The monoisotopic (exact) mass is 528 g/mol. The van der Waals surface area contributed by atoms with Crippen LogP contribution in [0.15, 0.2) is 76.2 Å². The Morgan fingerprint density at radius 1 is 1.16 bits per heavy atom. The normalized spacial score (nSPS) is 13.7. The molecule has 5 rings (SSSR count). The second-order valence-electron chi connectivity index (χ2n) is 8.51. The Morgan fingerprint density at radius 3 is 2.68 bits per heavy atom. The van der Waals surface area contributed by atoms with Gasteiger partial charge in [0.25, 0.3) is 0 Å². The number of nitrogens with one attached hydrogen (secondary N) is 1. The van der Waals surface area contributed by atoms with E-state index in [9.17, 15) is 4.79 Å². The highest BCUT2D eigenvalue weighted by atomic mass is 32.2. The predicted molar refractivity (Wildman–Crippen MR) is 143 cm³/mol. The molecule has 1 aliphatic rings. The zero-order valence-corrected chi connectivity index (χ0v) is 21.8. The van der Waals surface area contributed by atoms with E-state index in [1.165, 1.54) is 23.1 Å². The maximum Gasteiger partial charge on any atom is 0.219 e. The molecule has 1 aromatic carbocycles. The van der Waals surface area contributed by atoms with Crippen LogP contribution in [0.4, 0.5) is 10.9 Å². The van der Waals surface area contributed by atoms with Gasteiger partial charge in [-0.25, -0.2) is 15.0 Å². The van der Waals surface area contributed by atoms with Crippen LogP contribution in [-0.2, 0) is 4.79 Å². The van der Waals surface area contributed by atoms with Crippen molar-refractivity contribution >= 4 is 40.0 Å². The van der Waals surface area contributed by atoms with Gasteiger partial charge in [0.1, 0.15) is 16.8 Å². The van der Waals surface area contributed by atoms with Gasteiger partial charge >= 0.3 is 0 Å². The Balaban J connectivity index is 1.34. The summed E-state index contributed by atoms with van der Waals surface area (Å²) in [6, 6.07) is 17.1. The number of pyridine rings is 2. The van der Waals surface area contributed by atoms with E-state index < -0.39 is 0 Å². The van der Waals surface area contributed by atoms with Gasteiger partial charge in [-0.15, -0.1) is 11.3 Å². The number of benzene rings is 1. The molecule has 0 aliphatic carbocycles. The van der Waals surface area contributed by atoms with E-state index in [1.54, 1.807) is 25.4 Å². The Hall–Kier alpha value is -3.94. The van der Waals surface area contributed by atoms with Crippen molar-refractivity contribution in [2.24, 2.45) is 0 Å².